The van der Waals surface area contributed by atoms with Crippen molar-refractivity contribution in [2.75, 3.05) is 0 Å². The first-order valence-electron chi connectivity index (χ1n) is 17.5. The number of unbranched alkanes of at least 4 members (excludes halogenated alkanes) is 20. The molecule has 0 bridgehead atoms. The van der Waals surface area contributed by atoms with Crippen LogP contribution in [0.5, 0.6) is 0 Å². The Morgan fingerprint density at radius 2 is 0.897 bits per heavy atom. The summed E-state index contributed by atoms with van der Waals surface area (Å²) in [4.78, 5) is 24.7. The Morgan fingerprint density at radius 1 is 0.564 bits per heavy atom. The number of carboxylic acids is 1. The van der Waals surface area contributed by atoms with Crippen molar-refractivity contribution in [3.63, 3.8) is 0 Å². The van der Waals surface area contributed by atoms with Gasteiger partial charge in [0.2, 0.25) is 0 Å². The SMILES string of the molecule is CCCCCCCCCCCCCCCCCC(CCCCCCCCC)OC(=O)C1CCCCC1C(=O)O. The highest BCUT2D eigenvalue weighted by Gasteiger charge is 2.37. The summed E-state index contributed by atoms with van der Waals surface area (Å²) in [5.74, 6) is -2.08. The molecule has 0 aromatic carbocycles. The molecule has 0 aliphatic heterocycles. The summed E-state index contributed by atoms with van der Waals surface area (Å²) in [6, 6.07) is 0. The van der Waals surface area contributed by atoms with Crippen LogP contribution in [0.15, 0.2) is 0 Å². The van der Waals surface area contributed by atoms with Crippen molar-refractivity contribution >= 4 is 11.9 Å². The number of hydrogen-bond acceptors (Lipinski definition) is 3. The van der Waals surface area contributed by atoms with Crippen LogP contribution in [-0.2, 0) is 14.3 Å². The van der Waals surface area contributed by atoms with Crippen molar-refractivity contribution in [3.05, 3.63) is 0 Å². The lowest BCUT2D eigenvalue weighted by Gasteiger charge is -2.29. The molecule has 0 spiro atoms. The fourth-order valence-electron chi connectivity index (χ4n) is 6.29. The fourth-order valence-corrected chi connectivity index (χ4v) is 6.29. The van der Waals surface area contributed by atoms with E-state index < -0.39 is 17.8 Å². The third kappa shape index (κ3) is 19.6. The maximum atomic E-state index is 13.0. The molecule has 3 unspecified atom stereocenters. The second-order valence-corrected chi connectivity index (χ2v) is 12.5. The van der Waals surface area contributed by atoms with Crippen molar-refractivity contribution in [1.82, 2.24) is 0 Å². The standard InChI is InChI=1S/C35H66O4/c1-3-5-7-9-11-12-13-14-15-16-17-18-20-22-24-28-31(27-23-21-19-10-8-6-4-2)39-35(38)33-30-26-25-29-32(33)34(36)37/h31-33H,3-30H2,1-2H3,(H,36,37). The number of carbonyl (C=O) groups is 2. The van der Waals surface area contributed by atoms with Gasteiger partial charge in [0, 0.05) is 0 Å². The van der Waals surface area contributed by atoms with Gasteiger partial charge in [0.15, 0.2) is 0 Å². The van der Waals surface area contributed by atoms with Gasteiger partial charge in [-0.05, 0) is 38.5 Å². The molecule has 1 fully saturated rings. The number of rotatable bonds is 27. The van der Waals surface area contributed by atoms with Crippen LogP contribution in [0.3, 0.4) is 0 Å². The molecule has 0 amide bonds. The van der Waals surface area contributed by atoms with E-state index in [0.29, 0.717) is 12.8 Å². The average Bonchev–Trinajstić information content (AvgIpc) is 2.94. The summed E-state index contributed by atoms with van der Waals surface area (Å²) in [7, 11) is 0. The Bertz CT molecular complexity index is 575. The van der Waals surface area contributed by atoms with Crippen LogP contribution in [0, 0.1) is 11.8 Å². The van der Waals surface area contributed by atoms with E-state index in [4.69, 9.17) is 4.74 Å². The monoisotopic (exact) mass is 550 g/mol. The van der Waals surface area contributed by atoms with E-state index in [9.17, 15) is 14.7 Å². The molecule has 1 saturated carbocycles. The zero-order valence-electron chi connectivity index (χ0n) is 26.2. The summed E-state index contributed by atoms with van der Waals surface area (Å²) >= 11 is 0. The number of carbonyl (C=O) groups excluding carboxylic acids is 1. The highest BCUT2D eigenvalue weighted by atomic mass is 16.5. The van der Waals surface area contributed by atoms with Crippen LogP contribution in [0.4, 0.5) is 0 Å². The molecular weight excluding hydrogens is 484 g/mol. The molecule has 3 atom stereocenters. The topological polar surface area (TPSA) is 63.6 Å². The Morgan fingerprint density at radius 3 is 1.26 bits per heavy atom. The number of esters is 1. The lowest BCUT2D eigenvalue weighted by molar-refractivity contribution is -0.164. The lowest BCUT2D eigenvalue weighted by Crippen LogP contribution is -2.35. The summed E-state index contributed by atoms with van der Waals surface area (Å²) in [5, 5.41) is 9.60. The first-order valence-corrected chi connectivity index (χ1v) is 17.5. The minimum atomic E-state index is -0.831. The molecule has 0 aromatic rings. The summed E-state index contributed by atoms with van der Waals surface area (Å²) in [6.07, 6.45) is 34.1. The Kier molecular flexibility index (Phi) is 23.9. The molecule has 0 saturated heterocycles. The zero-order valence-corrected chi connectivity index (χ0v) is 26.2. The molecule has 4 nitrogen and oxygen atoms in total. The molecule has 1 N–H and O–H groups in total. The van der Waals surface area contributed by atoms with Gasteiger partial charge in [0.05, 0.1) is 11.8 Å². The number of aliphatic carboxylic acids is 1. The predicted octanol–water partition coefficient (Wildman–Crippen LogP) is 11.2. The summed E-state index contributed by atoms with van der Waals surface area (Å²) < 4.78 is 6.03. The summed E-state index contributed by atoms with van der Waals surface area (Å²) in [5.41, 5.74) is 0. The van der Waals surface area contributed by atoms with Gasteiger partial charge in [-0.25, -0.2) is 0 Å². The van der Waals surface area contributed by atoms with E-state index in [1.54, 1.807) is 0 Å². The van der Waals surface area contributed by atoms with E-state index in [-0.39, 0.29) is 12.1 Å². The molecule has 0 heterocycles. The van der Waals surface area contributed by atoms with Crippen molar-refractivity contribution in [3.8, 4) is 0 Å². The smallest absolute Gasteiger partial charge is 0.310 e. The molecule has 0 aromatic heterocycles. The summed E-state index contributed by atoms with van der Waals surface area (Å²) in [6.45, 7) is 4.53. The van der Waals surface area contributed by atoms with Crippen LogP contribution < -0.4 is 0 Å². The Labute approximate surface area is 242 Å². The number of carboxylic acid groups (broad SMARTS) is 1. The highest BCUT2D eigenvalue weighted by Crippen LogP contribution is 2.32. The van der Waals surface area contributed by atoms with Gasteiger partial charge in [-0.15, -0.1) is 0 Å². The van der Waals surface area contributed by atoms with Crippen LogP contribution in [-0.4, -0.2) is 23.1 Å². The Hall–Kier alpha value is -1.06. The van der Waals surface area contributed by atoms with Gasteiger partial charge >= 0.3 is 11.9 Å². The van der Waals surface area contributed by atoms with Crippen molar-refractivity contribution in [2.24, 2.45) is 11.8 Å². The van der Waals surface area contributed by atoms with Gasteiger partial charge in [-0.2, -0.15) is 0 Å². The average molecular weight is 551 g/mol. The molecule has 1 aliphatic rings. The maximum Gasteiger partial charge on any atom is 0.310 e. The van der Waals surface area contributed by atoms with Gasteiger partial charge in [0.1, 0.15) is 6.10 Å². The molecule has 0 radical (unpaired) electrons. The van der Waals surface area contributed by atoms with Crippen molar-refractivity contribution < 1.29 is 19.4 Å². The number of hydrogen-bond donors (Lipinski definition) is 1. The quantitative estimate of drug-likeness (QED) is 0.0816. The van der Waals surface area contributed by atoms with Gasteiger partial charge in [0.25, 0.3) is 0 Å². The Balaban J connectivity index is 2.23. The first-order chi connectivity index (χ1) is 19.1. The minimum Gasteiger partial charge on any atom is -0.481 e. The van der Waals surface area contributed by atoms with E-state index in [1.807, 2.05) is 0 Å². The zero-order chi connectivity index (χ0) is 28.4. The van der Waals surface area contributed by atoms with E-state index in [1.165, 1.54) is 128 Å². The van der Waals surface area contributed by atoms with Crippen LogP contribution in [0.2, 0.25) is 0 Å². The number of ether oxygens (including phenoxy) is 1. The molecule has 230 valence electrons. The predicted molar refractivity (Wildman–Crippen MR) is 165 cm³/mol. The minimum absolute atomic E-state index is 0.0357. The third-order valence-electron chi connectivity index (χ3n) is 8.93. The first kappa shape index (κ1) is 36.0. The van der Waals surface area contributed by atoms with Crippen LogP contribution in [0.25, 0.3) is 0 Å². The molecule has 1 aliphatic carbocycles. The van der Waals surface area contributed by atoms with Gasteiger partial charge in [-0.1, -0.05) is 155 Å². The van der Waals surface area contributed by atoms with Crippen LogP contribution in [0.1, 0.15) is 194 Å². The maximum absolute atomic E-state index is 13.0. The van der Waals surface area contributed by atoms with Gasteiger partial charge in [-0.3, -0.25) is 9.59 Å². The van der Waals surface area contributed by atoms with E-state index in [2.05, 4.69) is 13.8 Å². The second-order valence-electron chi connectivity index (χ2n) is 12.5. The van der Waals surface area contributed by atoms with E-state index in [0.717, 1.165) is 38.5 Å². The van der Waals surface area contributed by atoms with Crippen molar-refractivity contribution in [2.45, 2.75) is 200 Å². The molecular formula is C35H66O4. The second kappa shape index (κ2) is 25.9. The molecule has 4 heteroatoms. The van der Waals surface area contributed by atoms with Crippen LogP contribution >= 0.6 is 0 Å². The molecule has 39 heavy (non-hydrogen) atoms. The third-order valence-corrected chi connectivity index (χ3v) is 8.93. The largest absolute Gasteiger partial charge is 0.481 e. The van der Waals surface area contributed by atoms with Crippen molar-refractivity contribution in [1.29, 1.82) is 0 Å². The normalized spacial score (nSPS) is 18.2. The highest BCUT2D eigenvalue weighted by molar-refractivity contribution is 5.81. The van der Waals surface area contributed by atoms with Gasteiger partial charge < -0.3 is 9.84 Å². The van der Waals surface area contributed by atoms with E-state index >= 15 is 0 Å². The molecule has 1 rings (SSSR count). The fraction of sp³-hybridized carbons (Fsp3) is 0.943. The lowest BCUT2D eigenvalue weighted by atomic mass is 9.79.